The molecule has 2 rings (SSSR count). The molecule has 1 aliphatic carbocycles. The smallest absolute Gasteiger partial charge is 0.240 e. The fourth-order valence-electron chi connectivity index (χ4n) is 1.74. The summed E-state index contributed by atoms with van der Waals surface area (Å²) in [7, 11) is 0. The van der Waals surface area contributed by atoms with Crippen LogP contribution >= 0.6 is 15.9 Å². The molecule has 1 heterocycles. The Morgan fingerprint density at radius 1 is 1.62 bits per heavy atom. The lowest BCUT2D eigenvalue weighted by atomic mass is 9.70. The van der Waals surface area contributed by atoms with E-state index in [0.29, 0.717) is 11.4 Å². The monoisotopic (exact) mass is 244 g/mol. The lowest BCUT2D eigenvalue weighted by Crippen LogP contribution is -2.31. The van der Waals surface area contributed by atoms with E-state index in [9.17, 15) is 0 Å². The normalized spacial score (nSPS) is 19.8. The molecular weight excluding hydrogens is 232 g/mol. The first-order chi connectivity index (χ1) is 6.09. The Morgan fingerprint density at radius 2 is 2.31 bits per heavy atom. The minimum atomic E-state index is 0.342. The Labute approximate surface area is 85.6 Å². The van der Waals surface area contributed by atoms with Crippen molar-refractivity contribution < 1.29 is 0 Å². The third-order valence-corrected chi connectivity index (χ3v) is 3.32. The zero-order chi connectivity index (χ0) is 9.47. The predicted octanol–water partition coefficient (Wildman–Crippen LogP) is 1.81. The molecule has 0 saturated heterocycles. The van der Waals surface area contributed by atoms with Crippen LogP contribution in [0.3, 0.4) is 0 Å². The molecule has 1 aromatic rings. The topological polar surface area (TPSA) is 56.7 Å². The van der Waals surface area contributed by atoms with Crippen molar-refractivity contribution in [3.05, 3.63) is 4.73 Å². The number of halogens is 1. The largest absolute Gasteiger partial charge is 0.366 e. The van der Waals surface area contributed by atoms with Gasteiger partial charge in [-0.1, -0.05) is 13.3 Å². The molecule has 5 heteroatoms. The number of nitrogen functional groups attached to an aromatic ring is 1. The maximum Gasteiger partial charge on any atom is 0.240 e. The highest BCUT2D eigenvalue weighted by Gasteiger charge is 2.33. The summed E-state index contributed by atoms with van der Waals surface area (Å²) in [5.74, 6) is 0.342. The summed E-state index contributed by atoms with van der Waals surface area (Å²) in [6.07, 6.45) is 3.89. The first kappa shape index (κ1) is 8.99. The highest BCUT2D eigenvalue weighted by Crippen LogP contribution is 2.41. The van der Waals surface area contributed by atoms with E-state index in [2.05, 4.69) is 32.9 Å². The van der Waals surface area contributed by atoms with E-state index >= 15 is 0 Å². The minimum absolute atomic E-state index is 0.342. The van der Waals surface area contributed by atoms with Crippen molar-refractivity contribution in [2.45, 2.75) is 32.7 Å². The summed E-state index contributed by atoms with van der Waals surface area (Å²) in [6, 6.07) is 0. The van der Waals surface area contributed by atoms with Crippen LogP contribution in [0.1, 0.15) is 26.2 Å². The van der Waals surface area contributed by atoms with E-state index in [1.807, 2.05) is 4.68 Å². The van der Waals surface area contributed by atoms with Crippen LogP contribution < -0.4 is 5.73 Å². The van der Waals surface area contributed by atoms with Gasteiger partial charge in [0.2, 0.25) is 5.95 Å². The quantitative estimate of drug-likeness (QED) is 0.864. The average Bonchev–Trinajstić information content (AvgIpc) is 2.27. The van der Waals surface area contributed by atoms with Gasteiger partial charge < -0.3 is 5.73 Å². The molecule has 4 nitrogen and oxygen atoms in total. The van der Waals surface area contributed by atoms with Crippen LogP contribution in [-0.4, -0.2) is 14.8 Å². The number of aromatic nitrogens is 3. The van der Waals surface area contributed by atoms with Gasteiger partial charge in [-0.3, -0.25) is 0 Å². The van der Waals surface area contributed by atoms with Gasteiger partial charge in [-0.25, -0.2) is 4.68 Å². The van der Waals surface area contributed by atoms with Crippen molar-refractivity contribution in [2.24, 2.45) is 5.41 Å². The molecule has 0 amide bonds. The zero-order valence-electron chi connectivity index (χ0n) is 7.63. The molecule has 0 atom stereocenters. The van der Waals surface area contributed by atoms with Crippen molar-refractivity contribution in [3.63, 3.8) is 0 Å². The lowest BCUT2D eigenvalue weighted by Gasteiger charge is -2.38. The average molecular weight is 245 g/mol. The third kappa shape index (κ3) is 1.70. The van der Waals surface area contributed by atoms with E-state index in [4.69, 9.17) is 5.73 Å². The van der Waals surface area contributed by atoms with Gasteiger partial charge in [-0.15, -0.1) is 5.10 Å². The number of anilines is 1. The van der Waals surface area contributed by atoms with Gasteiger partial charge >= 0.3 is 0 Å². The third-order valence-electron chi connectivity index (χ3n) is 2.74. The van der Waals surface area contributed by atoms with Crippen LogP contribution in [0.25, 0.3) is 0 Å². The van der Waals surface area contributed by atoms with Crippen LogP contribution in [0.2, 0.25) is 0 Å². The molecule has 2 N–H and O–H groups in total. The highest BCUT2D eigenvalue weighted by atomic mass is 79.9. The molecule has 0 aliphatic heterocycles. The summed E-state index contributed by atoms with van der Waals surface area (Å²) in [5, 5.41) is 4.11. The maximum absolute atomic E-state index is 5.48. The number of nitrogens with zero attached hydrogens (tertiary/aromatic N) is 3. The summed E-state index contributed by atoms with van der Waals surface area (Å²) < 4.78 is 2.58. The van der Waals surface area contributed by atoms with Gasteiger partial charge in [0.05, 0.1) is 0 Å². The highest BCUT2D eigenvalue weighted by molar-refractivity contribution is 9.10. The molecule has 0 unspecified atom stereocenters. The second-order valence-corrected chi connectivity index (χ2v) is 4.77. The van der Waals surface area contributed by atoms with Crippen molar-refractivity contribution >= 4 is 21.9 Å². The second-order valence-electron chi connectivity index (χ2n) is 4.06. The fraction of sp³-hybridized carbons (Fsp3) is 0.750. The van der Waals surface area contributed by atoms with Crippen molar-refractivity contribution in [1.29, 1.82) is 0 Å². The number of hydrogen-bond donors (Lipinski definition) is 1. The Kier molecular flexibility index (Phi) is 2.06. The van der Waals surface area contributed by atoms with E-state index < -0.39 is 0 Å². The van der Waals surface area contributed by atoms with E-state index in [-0.39, 0.29) is 0 Å². The molecular formula is C8H13BrN4. The number of nitrogens with two attached hydrogens (primary N) is 1. The molecule has 0 spiro atoms. The molecule has 1 aromatic heterocycles. The predicted molar refractivity (Wildman–Crippen MR) is 54.1 cm³/mol. The van der Waals surface area contributed by atoms with Crippen LogP contribution in [0, 0.1) is 5.41 Å². The molecule has 0 bridgehead atoms. The molecule has 1 aliphatic rings. The molecule has 1 fully saturated rings. The zero-order valence-corrected chi connectivity index (χ0v) is 9.21. The van der Waals surface area contributed by atoms with Gasteiger partial charge in [0, 0.05) is 6.54 Å². The van der Waals surface area contributed by atoms with Gasteiger partial charge in [0.15, 0.2) is 4.73 Å². The number of hydrogen-bond acceptors (Lipinski definition) is 3. The summed E-state index contributed by atoms with van der Waals surface area (Å²) >= 11 is 3.33. The summed E-state index contributed by atoms with van der Waals surface area (Å²) in [6.45, 7) is 3.19. The summed E-state index contributed by atoms with van der Waals surface area (Å²) in [5.41, 5.74) is 5.89. The van der Waals surface area contributed by atoms with E-state index in [1.54, 1.807) is 0 Å². The Bertz CT molecular complexity index is 316. The van der Waals surface area contributed by atoms with Crippen molar-refractivity contribution in [3.8, 4) is 0 Å². The molecule has 0 aromatic carbocycles. The van der Waals surface area contributed by atoms with Crippen LogP contribution in [-0.2, 0) is 6.54 Å². The second kappa shape index (κ2) is 2.97. The minimum Gasteiger partial charge on any atom is -0.366 e. The molecule has 1 saturated carbocycles. The van der Waals surface area contributed by atoms with Gasteiger partial charge in [-0.2, -0.15) is 4.98 Å². The Morgan fingerprint density at radius 3 is 2.69 bits per heavy atom. The van der Waals surface area contributed by atoms with Gasteiger partial charge in [-0.05, 0) is 34.2 Å². The van der Waals surface area contributed by atoms with E-state index in [0.717, 1.165) is 11.3 Å². The fourth-order valence-corrected chi connectivity index (χ4v) is 2.13. The van der Waals surface area contributed by atoms with Crippen molar-refractivity contribution in [2.75, 3.05) is 5.73 Å². The standard InChI is InChI=1S/C8H13BrN4/c1-8(3-2-4-8)5-13-6(9)11-7(10)12-13/h2-5H2,1H3,(H2,10,12). The molecule has 72 valence electrons. The van der Waals surface area contributed by atoms with Crippen LogP contribution in [0.15, 0.2) is 4.73 Å². The summed E-state index contributed by atoms with van der Waals surface area (Å²) in [4.78, 5) is 4.00. The Balaban J connectivity index is 2.12. The first-order valence-corrected chi connectivity index (χ1v) is 5.24. The number of rotatable bonds is 2. The van der Waals surface area contributed by atoms with Gasteiger partial charge in [0.25, 0.3) is 0 Å². The molecule has 0 radical (unpaired) electrons. The maximum atomic E-state index is 5.48. The van der Waals surface area contributed by atoms with Gasteiger partial charge in [0.1, 0.15) is 0 Å². The Hall–Kier alpha value is -0.580. The SMILES string of the molecule is CC1(Cn2nc(N)nc2Br)CCC1. The van der Waals surface area contributed by atoms with Crippen LogP contribution in [0.4, 0.5) is 5.95 Å². The first-order valence-electron chi connectivity index (χ1n) is 4.45. The van der Waals surface area contributed by atoms with Crippen molar-refractivity contribution in [1.82, 2.24) is 14.8 Å². The van der Waals surface area contributed by atoms with Crippen LogP contribution in [0.5, 0.6) is 0 Å². The van der Waals surface area contributed by atoms with E-state index in [1.165, 1.54) is 19.3 Å². The molecule has 13 heavy (non-hydrogen) atoms. The lowest BCUT2D eigenvalue weighted by molar-refractivity contribution is 0.124.